The second-order valence-corrected chi connectivity index (χ2v) is 4.12. The van der Waals surface area contributed by atoms with E-state index in [1.807, 2.05) is 12.1 Å². The molecular formula is C13H14N4. The summed E-state index contributed by atoms with van der Waals surface area (Å²) in [5, 5.41) is 8.32. The molecule has 0 bridgehead atoms. The Morgan fingerprint density at radius 2 is 2.00 bits per heavy atom. The largest absolute Gasteiger partial charge is 0.325 e. The van der Waals surface area contributed by atoms with Crippen LogP contribution in [0.1, 0.15) is 11.3 Å². The average molecular weight is 226 g/mol. The third-order valence-corrected chi connectivity index (χ3v) is 3.08. The van der Waals surface area contributed by atoms with Crippen molar-refractivity contribution in [3.8, 4) is 0 Å². The zero-order chi connectivity index (χ0) is 11.7. The fraction of sp³-hybridized carbons (Fsp3) is 0.231. The van der Waals surface area contributed by atoms with E-state index in [2.05, 4.69) is 39.4 Å². The summed E-state index contributed by atoms with van der Waals surface area (Å²) < 4.78 is 0. The maximum Gasteiger partial charge on any atom is 0.155 e. The summed E-state index contributed by atoms with van der Waals surface area (Å²) in [6.07, 6.45) is 1.07. The Balaban J connectivity index is 1.95. The molecule has 1 aliphatic rings. The van der Waals surface area contributed by atoms with E-state index in [4.69, 9.17) is 5.73 Å². The van der Waals surface area contributed by atoms with E-state index in [1.54, 1.807) is 0 Å². The van der Waals surface area contributed by atoms with Crippen LogP contribution in [-0.4, -0.2) is 16.7 Å². The normalized spacial score (nSPS) is 13.8. The molecule has 0 atom stereocenters. The molecule has 2 heterocycles. The fourth-order valence-electron chi connectivity index (χ4n) is 2.18. The quantitative estimate of drug-likeness (QED) is 0.845. The van der Waals surface area contributed by atoms with Gasteiger partial charge in [-0.3, -0.25) is 0 Å². The first-order valence-corrected chi connectivity index (χ1v) is 5.76. The molecule has 1 aromatic heterocycles. The van der Waals surface area contributed by atoms with Gasteiger partial charge in [-0.25, -0.2) is 0 Å². The van der Waals surface area contributed by atoms with Gasteiger partial charge in [-0.2, -0.15) is 5.10 Å². The number of para-hydroxylation sites is 1. The van der Waals surface area contributed by atoms with Crippen molar-refractivity contribution in [2.75, 3.05) is 11.4 Å². The minimum atomic E-state index is 0.434. The lowest BCUT2D eigenvalue weighted by Crippen LogP contribution is -2.15. The monoisotopic (exact) mass is 226 g/mol. The standard InChI is InChI=1S/C13H14N4/c14-9-11-5-6-13(16-15-11)17-8-7-10-3-1-2-4-12(10)17/h1-6H,7-9,14H2. The first kappa shape index (κ1) is 10.2. The third kappa shape index (κ3) is 1.76. The molecule has 0 spiro atoms. The molecule has 4 nitrogen and oxygen atoms in total. The fourth-order valence-corrected chi connectivity index (χ4v) is 2.18. The molecule has 17 heavy (non-hydrogen) atoms. The topological polar surface area (TPSA) is 55.0 Å². The maximum atomic E-state index is 5.51. The molecule has 0 fully saturated rings. The summed E-state index contributed by atoms with van der Waals surface area (Å²) in [6, 6.07) is 12.3. The molecule has 0 saturated carbocycles. The molecule has 0 aliphatic carbocycles. The summed E-state index contributed by atoms with van der Waals surface area (Å²) in [6.45, 7) is 1.40. The van der Waals surface area contributed by atoms with Crippen molar-refractivity contribution in [2.24, 2.45) is 5.73 Å². The van der Waals surface area contributed by atoms with Gasteiger partial charge in [-0.1, -0.05) is 18.2 Å². The predicted molar refractivity (Wildman–Crippen MR) is 67.1 cm³/mol. The summed E-state index contributed by atoms with van der Waals surface area (Å²) in [4.78, 5) is 2.20. The lowest BCUT2D eigenvalue weighted by molar-refractivity contribution is 0.870. The minimum absolute atomic E-state index is 0.434. The molecule has 2 N–H and O–H groups in total. The van der Waals surface area contributed by atoms with Gasteiger partial charge in [0.1, 0.15) is 0 Å². The number of benzene rings is 1. The van der Waals surface area contributed by atoms with Gasteiger partial charge in [0, 0.05) is 18.8 Å². The maximum absolute atomic E-state index is 5.51. The van der Waals surface area contributed by atoms with E-state index in [0.29, 0.717) is 6.54 Å². The number of anilines is 2. The van der Waals surface area contributed by atoms with E-state index in [1.165, 1.54) is 11.3 Å². The van der Waals surface area contributed by atoms with Crippen molar-refractivity contribution in [3.05, 3.63) is 47.7 Å². The molecule has 1 aliphatic heterocycles. The van der Waals surface area contributed by atoms with Crippen LogP contribution in [0.2, 0.25) is 0 Å². The smallest absolute Gasteiger partial charge is 0.155 e. The van der Waals surface area contributed by atoms with Gasteiger partial charge in [0.15, 0.2) is 5.82 Å². The number of nitrogens with zero attached hydrogens (tertiary/aromatic N) is 3. The van der Waals surface area contributed by atoms with Gasteiger partial charge in [0.25, 0.3) is 0 Å². The van der Waals surface area contributed by atoms with E-state index < -0.39 is 0 Å². The number of rotatable bonds is 2. The van der Waals surface area contributed by atoms with E-state index in [-0.39, 0.29) is 0 Å². The number of hydrogen-bond acceptors (Lipinski definition) is 4. The number of fused-ring (bicyclic) bond motifs is 1. The lowest BCUT2D eigenvalue weighted by Gasteiger charge is -2.17. The number of aromatic nitrogens is 2. The van der Waals surface area contributed by atoms with Crippen LogP contribution < -0.4 is 10.6 Å². The van der Waals surface area contributed by atoms with Crippen LogP contribution in [-0.2, 0) is 13.0 Å². The summed E-state index contributed by atoms with van der Waals surface area (Å²) in [5.41, 5.74) is 8.95. The van der Waals surface area contributed by atoms with Crippen LogP contribution in [0.25, 0.3) is 0 Å². The Bertz CT molecular complexity index is 521. The van der Waals surface area contributed by atoms with Gasteiger partial charge in [0.2, 0.25) is 0 Å². The zero-order valence-corrected chi connectivity index (χ0v) is 9.50. The van der Waals surface area contributed by atoms with Crippen LogP contribution in [0, 0.1) is 0 Å². The Morgan fingerprint density at radius 3 is 2.76 bits per heavy atom. The molecule has 0 radical (unpaired) electrons. The van der Waals surface area contributed by atoms with E-state index in [9.17, 15) is 0 Å². The van der Waals surface area contributed by atoms with Gasteiger partial charge in [-0.15, -0.1) is 5.10 Å². The van der Waals surface area contributed by atoms with Crippen LogP contribution in [0.4, 0.5) is 11.5 Å². The summed E-state index contributed by atoms with van der Waals surface area (Å²) >= 11 is 0. The molecule has 0 unspecified atom stereocenters. The first-order chi connectivity index (χ1) is 8.38. The van der Waals surface area contributed by atoms with Crippen LogP contribution in [0.15, 0.2) is 36.4 Å². The second kappa shape index (κ2) is 4.14. The van der Waals surface area contributed by atoms with E-state index >= 15 is 0 Å². The summed E-state index contributed by atoms with van der Waals surface area (Å²) in [5.74, 6) is 0.896. The Labute approximate surface area is 100 Å². The van der Waals surface area contributed by atoms with Crippen molar-refractivity contribution in [1.29, 1.82) is 0 Å². The van der Waals surface area contributed by atoms with Crippen molar-refractivity contribution in [1.82, 2.24) is 10.2 Å². The highest BCUT2D eigenvalue weighted by Crippen LogP contribution is 2.32. The molecule has 2 aromatic rings. The molecule has 0 amide bonds. The zero-order valence-electron chi connectivity index (χ0n) is 9.50. The highest BCUT2D eigenvalue weighted by Gasteiger charge is 2.20. The van der Waals surface area contributed by atoms with Crippen LogP contribution >= 0.6 is 0 Å². The van der Waals surface area contributed by atoms with Crippen molar-refractivity contribution < 1.29 is 0 Å². The second-order valence-electron chi connectivity index (χ2n) is 4.12. The number of hydrogen-bond donors (Lipinski definition) is 1. The van der Waals surface area contributed by atoms with Gasteiger partial charge in [-0.05, 0) is 30.2 Å². The first-order valence-electron chi connectivity index (χ1n) is 5.76. The molecule has 0 saturated heterocycles. The third-order valence-electron chi connectivity index (χ3n) is 3.08. The molecule has 1 aromatic carbocycles. The van der Waals surface area contributed by atoms with Gasteiger partial charge < -0.3 is 10.6 Å². The Hall–Kier alpha value is -1.94. The molecule has 3 rings (SSSR count). The number of nitrogens with two attached hydrogens (primary N) is 1. The highest BCUT2D eigenvalue weighted by molar-refractivity contribution is 5.67. The molecular weight excluding hydrogens is 212 g/mol. The summed E-state index contributed by atoms with van der Waals surface area (Å²) in [7, 11) is 0. The van der Waals surface area contributed by atoms with Crippen LogP contribution in [0.5, 0.6) is 0 Å². The highest BCUT2D eigenvalue weighted by atomic mass is 15.3. The van der Waals surface area contributed by atoms with Crippen molar-refractivity contribution in [2.45, 2.75) is 13.0 Å². The van der Waals surface area contributed by atoms with E-state index in [0.717, 1.165) is 24.5 Å². The van der Waals surface area contributed by atoms with Gasteiger partial charge >= 0.3 is 0 Å². The lowest BCUT2D eigenvalue weighted by atomic mass is 10.2. The predicted octanol–water partition coefficient (Wildman–Crippen LogP) is 1.63. The van der Waals surface area contributed by atoms with Crippen LogP contribution in [0.3, 0.4) is 0 Å². The Morgan fingerprint density at radius 1 is 1.12 bits per heavy atom. The molecule has 4 heteroatoms. The SMILES string of the molecule is NCc1ccc(N2CCc3ccccc32)nn1. The van der Waals surface area contributed by atoms with Crippen molar-refractivity contribution in [3.63, 3.8) is 0 Å². The minimum Gasteiger partial charge on any atom is -0.325 e. The van der Waals surface area contributed by atoms with Gasteiger partial charge in [0.05, 0.1) is 5.69 Å². The average Bonchev–Trinajstić information content (AvgIpc) is 2.83. The Kier molecular flexibility index (Phi) is 2.49. The molecule has 86 valence electrons. The van der Waals surface area contributed by atoms with Crippen molar-refractivity contribution >= 4 is 11.5 Å².